The molecule has 3 N–H and O–H groups in total. The summed E-state index contributed by atoms with van der Waals surface area (Å²) < 4.78 is 2.09. The maximum absolute atomic E-state index is 11.0. The van der Waals surface area contributed by atoms with Crippen LogP contribution in [0.3, 0.4) is 0 Å². The van der Waals surface area contributed by atoms with Crippen molar-refractivity contribution < 1.29 is 4.79 Å². The van der Waals surface area contributed by atoms with Gasteiger partial charge in [-0.1, -0.05) is 13.8 Å². The molecule has 0 bridgehead atoms. The van der Waals surface area contributed by atoms with Crippen molar-refractivity contribution in [3.63, 3.8) is 0 Å². The standard InChI is InChI=1S/C12H21N3O/c1-4-14-10(3)11-6-5-7-15(11)8-9(2)12(13)16/h5-7,9-10,14H,4,8H2,1-3H3,(H2,13,16). The van der Waals surface area contributed by atoms with Gasteiger partial charge in [-0.3, -0.25) is 4.79 Å². The van der Waals surface area contributed by atoms with Crippen molar-refractivity contribution >= 4 is 5.91 Å². The number of primary amides is 1. The fraction of sp³-hybridized carbons (Fsp3) is 0.583. The number of nitrogens with one attached hydrogen (secondary N) is 1. The van der Waals surface area contributed by atoms with Gasteiger partial charge in [0.15, 0.2) is 0 Å². The summed E-state index contributed by atoms with van der Waals surface area (Å²) in [5, 5.41) is 3.35. The van der Waals surface area contributed by atoms with Crippen LogP contribution in [-0.2, 0) is 11.3 Å². The van der Waals surface area contributed by atoms with Crippen LogP contribution in [-0.4, -0.2) is 17.0 Å². The molecule has 0 saturated carbocycles. The van der Waals surface area contributed by atoms with Gasteiger partial charge in [-0.05, 0) is 25.6 Å². The summed E-state index contributed by atoms with van der Waals surface area (Å²) >= 11 is 0. The second kappa shape index (κ2) is 5.70. The Morgan fingerprint density at radius 1 is 1.56 bits per heavy atom. The average molecular weight is 223 g/mol. The molecule has 0 fully saturated rings. The maximum atomic E-state index is 11.0. The SMILES string of the molecule is CCNC(C)c1cccn1CC(C)C(N)=O. The van der Waals surface area contributed by atoms with Gasteiger partial charge in [0, 0.05) is 24.5 Å². The van der Waals surface area contributed by atoms with Crippen LogP contribution in [0.2, 0.25) is 0 Å². The van der Waals surface area contributed by atoms with Crippen molar-refractivity contribution in [3.8, 4) is 0 Å². The van der Waals surface area contributed by atoms with Gasteiger partial charge < -0.3 is 15.6 Å². The van der Waals surface area contributed by atoms with Crippen LogP contribution < -0.4 is 11.1 Å². The van der Waals surface area contributed by atoms with Crippen LogP contribution in [0, 0.1) is 5.92 Å². The van der Waals surface area contributed by atoms with Crippen LogP contribution in [0.4, 0.5) is 0 Å². The highest BCUT2D eigenvalue weighted by Crippen LogP contribution is 2.14. The highest BCUT2D eigenvalue weighted by molar-refractivity contribution is 5.76. The Labute approximate surface area is 96.8 Å². The summed E-state index contributed by atoms with van der Waals surface area (Å²) in [7, 11) is 0. The molecule has 2 unspecified atom stereocenters. The Balaban J connectivity index is 2.74. The molecule has 4 nitrogen and oxygen atoms in total. The van der Waals surface area contributed by atoms with E-state index in [-0.39, 0.29) is 11.8 Å². The van der Waals surface area contributed by atoms with Crippen LogP contribution >= 0.6 is 0 Å². The van der Waals surface area contributed by atoms with Crippen LogP contribution in [0.25, 0.3) is 0 Å². The predicted molar refractivity (Wildman–Crippen MR) is 64.9 cm³/mol. The molecular formula is C12H21N3O. The molecular weight excluding hydrogens is 202 g/mol. The molecule has 1 rings (SSSR count). The Kier molecular flexibility index (Phi) is 4.55. The first-order valence-electron chi connectivity index (χ1n) is 5.74. The molecule has 4 heteroatoms. The lowest BCUT2D eigenvalue weighted by Gasteiger charge is -2.18. The molecule has 0 aliphatic rings. The Morgan fingerprint density at radius 2 is 2.25 bits per heavy atom. The minimum Gasteiger partial charge on any atom is -0.369 e. The highest BCUT2D eigenvalue weighted by Gasteiger charge is 2.13. The third kappa shape index (κ3) is 3.10. The molecule has 0 saturated heterocycles. The molecule has 1 amide bonds. The number of nitrogens with zero attached hydrogens (tertiary/aromatic N) is 1. The third-order valence-corrected chi connectivity index (χ3v) is 2.77. The van der Waals surface area contributed by atoms with E-state index in [2.05, 4.69) is 29.8 Å². The van der Waals surface area contributed by atoms with Gasteiger partial charge in [0.25, 0.3) is 0 Å². The number of carbonyl (C=O) groups is 1. The molecule has 0 radical (unpaired) electrons. The van der Waals surface area contributed by atoms with Crippen LogP contribution in [0.15, 0.2) is 18.3 Å². The lowest BCUT2D eigenvalue weighted by molar-refractivity contribution is -0.121. The van der Waals surface area contributed by atoms with E-state index < -0.39 is 0 Å². The minimum absolute atomic E-state index is 0.139. The first kappa shape index (κ1) is 12.8. The van der Waals surface area contributed by atoms with E-state index in [1.165, 1.54) is 5.69 Å². The van der Waals surface area contributed by atoms with Gasteiger partial charge in [-0.2, -0.15) is 0 Å². The first-order valence-corrected chi connectivity index (χ1v) is 5.74. The molecule has 16 heavy (non-hydrogen) atoms. The number of nitrogens with two attached hydrogens (primary N) is 1. The van der Waals surface area contributed by atoms with E-state index in [4.69, 9.17) is 5.73 Å². The molecule has 1 aromatic rings. The number of hydrogen-bond acceptors (Lipinski definition) is 2. The van der Waals surface area contributed by atoms with Crippen molar-refractivity contribution in [3.05, 3.63) is 24.0 Å². The van der Waals surface area contributed by atoms with Crippen LogP contribution in [0.1, 0.15) is 32.5 Å². The number of rotatable bonds is 6. The number of amides is 1. The molecule has 1 heterocycles. The molecule has 0 spiro atoms. The third-order valence-electron chi connectivity index (χ3n) is 2.77. The van der Waals surface area contributed by atoms with Crippen molar-refractivity contribution in [2.45, 2.75) is 33.4 Å². The zero-order valence-electron chi connectivity index (χ0n) is 10.2. The van der Waals surface area contributed by atoms with Gasteiger partial charge in [-0.25, -0.2) is 0 Å². The lowest BCUT2D eigenvalue weighted by Crippen LogP contribution is -2.27. The lowest BCUT2D eigenvalue weighted by atomic mass is 10.1. The van der Waals surface area contributed by atoms with Gasteiger partial charge in [0.2, 0.25) is 5.91 Å². The summed E-state index contributed by atoms with van der Waals surface area (Å²) in [6.07, 6.45) is 1.99. The summed E-state index contributed by atoms with van der Waals surface area (Å²) in [4.78, 5) is 11.0. The molecule has 2 atom stereocenters. The average Bonchev–Trinajstić information content (AvgIpc) is 2.66. The first-order chi connectivity index (χ1) is 7.56. The van der Waals surface area contributed by atoms with Crippen molar-refractivity contribution in [1.29, 1.82) is 0 Å². The summed E-state index contributed by atoms with van der Waals surface area (Å²) in [5.41, 5.74) is 6.46. The zero-order valence-corrected chi connectivity index (χ0v) is 10.2. The number of aromatic nitrogens is 1. The van der Waals surface area contributed by atoms with E-state index >= 15 is 0 Å². The zero-order chi connectivity index (χ0) is 12.1. The van der Waals surface area contributed by atoms with Gasteiger partial charge in [0.1, 0.15) is 0 Å². The van der Waals surface area contributed by atoms with E-state index in [0.717, 1.165) is 6.54 Å². The van der Waals surface area contributed by atoms with Gasteiger partial charge >= 0.3 is 0 Å². The monoisotopic (exact) mass is 223 g/mol. The molecule has 1 aromatic heterocycles. The Hall–Kier alpha value is -1.29. The molecule has 0 aliphatic heterocycles. The van der Waals surface area contributed by atoms with E-state index in [1.54, 1.807) is 0 Å². The topological polar surface area (TPSA) is 60.1 Å². The number of hydrogen-bond donors (Lipinski definition) is 2. The van der Waals surface area contributed by atoms with E-state index in [1.807, 2.05) is 19.2 Å². The fourth-order valence-corrected chi connectivity index (χ4v) is 1.78. The van der Waals surface area contributed by atoms with Gasteiger partial charge in [-0.15, -0.1) is 0 Å². The Bertz CT molecular complexity index is 346. The molecule has 0 aromatic carbocycles. The maximum Gasteiger partial charge on any atom is 0.222 e. The number of carbonyl (C=O) groups excluding carboxylic acids is 1. The van der Waals surface area contributed by atoms with Crippen LogP contribution in [0.5, 0.6) is 0 Å². The summed E-state index contributed by atoms with van der Waals surface area (Å²) in [6.45, 7) is 7.62. The second-order valence-electron chi connectivity index (χ2n) is 4.17. The smallest absolute Gasteiger partial charge is 0.222 e. The predicted octanol–water partition coefficient (Wildman–Crippen LogP) is 1.28. The van der Waals surface area contributed by atoms with Gasteiger partial charge in [0.05, 0.1) is 5.92 Å². The van der Waals surface area contributed by atoms with E-state index in [9.17, 15) is 4.79 Å². The normalized spacial score (nSPS) is 14.7. The van der Waals surface area contributed by atoms with Crippen molar-refractivity contribution in [2.75, 3.05) is 6.54 Å². The molecule has 90 valence electrons. The summed E-state index contributed by atoms with van der Waals surface area (Å²) in [5.74, 6) is -0.393. The minimum atomic E-state index is -0.254. The second-order valence-corrected chi connectivity index (χ2v) is 4.17. The van der Waals surface area contributed by atoms with Crippen molar-refractivity contribution in [1.82, 2.24) is 9.88 Å². The molecule has 0 aliphatic carbocycles. The van der Waals surface area contributed by atoms with E-state index in [0.29, 0.717) is 12.6 Å². The van der Waals surface area contributed by atoms with Crippen molar-refractivity contribution in [2.24, 2.45) is 11.7 Å². The largest absolute Gasteiger partial charge is 0.369 e. The Morgan fingerprint density at radius 3 is 2.81 bits per heavy atom. The quantitative estimate of drug-likeness (QED) is 0.763. The summed E-state index contributed by atoms with van der Waals surface area (Å²) in [6, 6.07) is 4.36. The fourth-order valence-electron chi connectivity index (χ4n) is 1.78. The highest BCUT2D eigenvalue weighted by atomic mass is 16.1.